The van der Waals surface area contributed by atoms with Gasteiger partial charge in [0.05, 0.1) is 11.6 Å². The van der Waals surface area contributed by atoms with Crippen molar-refractivity contribution in [2.45, 2.75) is 20.0 Å². The SMILES string of the molecule is CCn1cc(Br)cc1C(=O)NCc1ccc(C#N)cc1. The minimum Gasteiger partial charge on any atom is -0.347 e. The Kier molecular flexibility index (Phi) is 4.59. The minimum absolute atomic E-state index is 0.109. The van der Waals surface area contributed by atoms with Crippen LogP contribution < -0.4 is 5.32 Å². The van der Waals surface area contributed by atoms with Crippen LogP contribution in [0.1, 0.15) is 28.5 Å². The van der Waals surface area contributed by atoms with Crippen LogP contribution in [0.4, 0.5) is 0 Å². The van der Waals surface area contributed by atoms with E-state index in [9.17, 15) is 4.79 Å². The molecule has 4 nitrogen and oxygen atoms in total. The zero-order valence-corrected chi connectivity index (χ0v) is 12.6. The number of aryl methyl sites for hydroxylation is 1. The fourth-order valence-corrected chi connectivity index (χ4v) is 2.36. The van der Waals surface area contributed by atoms with Gasteiger partial charge in [-0.2, -0.15) is 5.26 Å². The van der Waals surface area contributed by atoms with Crippen molar-refractivity contribution in [2.75, 3.05) is 0 Å². The van der Waals surface area contributed by atoms with Crippen molar-refractivity contribution in [1.29, 1.82) is 5.26 Å². The maximum absolute atomic E-state index is 12.1. The maximum Gasteiger partial charge on any atom is 0.268 e. The highest BCUT2D eigenvalue weighted by Crippen LogP contribution is 2.15. The summed E-state index contributed by atoms with van der Waals surface area (Å²) in [6, 6.07) is 11.0. The van der Waals surface area contributed by atoms with Crippen LogP contribution in [0.25, 0.3) is 0 Å². The van der Waals surface area contributed by atoms with Gasteiger partial charge in [0.1, 0.15) is 5.69 Å². The highest BCUT2D eigenvalue weighted by atomic mass is 79.9. The Bertz CT molecular complexity index is 653. The highest BCUT2D eigenvalue weighted by molar-refractivity contribution is 9.10. The van der Waals surface area contributed by atoms with E-state index in [1.807, 2.05) is 29.8 Å². The molecule has 0 saturated carbocycles. The molecule has 1 N–H and O–H groups in total. The maximum atomic E-state index is 12.1. The number of carbonyl (C=O) groups excluding carboxylic acids is 1. The molecule has 5 heteroatoms. The van der Waals surface area contributed by atoms with Gasteiger partial charge in [-0.1, -0.05) is 12.1 Å². The highest BCUT2D eigenvalue weighted by Gasteiger charge is 2.11. The largest absolute Gasteiger partial charge is 0.347 e. The third kappa shape index (κ3) is 3.28. The number of hydrogen-bond acceptors (Lipinski definition) is 2. The number of benzene rings is 1. The first-order valence-corrected chi connectivity index (χ1v) is 7.06. The summed E-state index contributed by atoms with van der Waals surface area (Å²) in [7, 11) is 0. The van der Waals surface area contributed by atoms with Crippen molar-refractivity contribution in [1.82, 2.24) is 9.88 Å². The molecule has 0 aliphatic carbocycles. The molecule has 0 fully saturated rings. The molecule has 102 valence electrons. The first kappa shape index (κ1) is 14.4. The smallest absolute Gasteiger partial charge is 0.268 e. The molecule has 0 unspecified atom stereocenters. The lowest BCUT2D eigenvalue weighted by Crippen LogP contribution is -2.25. The van der Waals surface area contributed by atoms with Crippen molar-refractivity contribution in [2.24, 2.45) is 0 Å². The van der Waals surface area contributed by atoms with Gasteiger partial charge in [0.15, 0.2) is 0 Å². The molecule has 20 heavy (non-hydrogen) atoms. The fraction of sp³-hybridized carbons (Fsp3) is 0.200. The quantitative estimate of drug-likeness (QED) is 0.935. The van der Waals surface area contributed by atoms with Gasteiger partial charge < -0.3 is 9.88 Å². The number of nitrogens with one attached hydrogen (secondary N) is 1. The van der Waals surface area contributed by atoms with E-state index in [1.54, 1.807) is 18.2 Å². The summed E-state index contributed by atoms with van der Waals surface area (Å²) in [5, 5.41) is 11.6. The average molecular weight is 332 g/mol. The molecule has 0 spiro atoms. The number of amides is 1. The first-order valence-electron chi connectivity index (χ1n) is 6.27. The van der Waals surface area contributed by atoms with E-state index in [1.165, 1.54) is 0 Å². The Morgan fingerprint density at radius 3 is 2.70 bits per heavy atom. The molecular weight excluding hydrogens is 318 g/mol. The second-order valence-corrected chi connectivity index (χ2v) is 5.24. The molecule has 0 radical (unpaired) electrons. The van der Waals surface area contributed by atoms with Crippen LogP contribution in [0.15, 0.2) is 41.0 Å². The normalized spacial score (nSPS) is 10.1. The summed E-state index contributed by atoms with van der Waals surface area (Å²) in [5.74, 6) is -0.109. The van der Waals surface area contributed by atoms with Gasteiger partial charge >= 0.3 is 0 Å². The lowest BCUT2D eigenvalue weighted by atomic mass is 10.1. The number of hydrogen-bond donors (Lipinski definition) is 1. The van der Waals surface area contributed by atoms with Gasteiger partial charge in [0.2, 0.25) is 0 Å². The molecule has 0 aliphatic heterocycles. The second kappa shape index (κ2) is 6.40. The first-order chi connectivity index (χ1) is 9.63. The van der Waals surface area contributed by atoms with Crippen molar-refractivity contribution < 1.29 is 4.79 Å². The van der Waals surface area contributed by atoms with Crippen LogP contribution in [0.2, 0.25) is 0 Å². The van der Waals surface area contributed by atoms with Crippen molar-refractivity contribution in [3.8, 4) is 6.07 Å². The van der Waals surface area contributed by atoms with Gasteiger partial charge in [-0.25, -0.2) is 0 Å². The second-order valence-electron chi connectivity index (χ2n) is 4.32. The van der Waals surface area contributed by atoms with Gasteiger partial charge in [-0.05, 0) is 46.6 Å². The summed E-state index contributed by atoms with van der Waals surface area (Å²) in [6.07, 6.45) is 1.89. The Balaban J connectivity index is 2.02. The number of aromatic nitrogens is 1. The number of halogens is 1. The Morgan fingerprint density at radius 2 is 2.10 bits per heavy atom. The van der Waals surface area contributed by atoms with Gasteiger partial charge in [0, 0.05) is 23.8 Å². The standard InChI is InChI=1S/C15H14BrN3O/c1-2-19-10-13(16)7-14(19)15(20)18-9-12-5-3-11(8-17)4-6-12/h3-7,10H,2,9H2,1H3,(H,18,20). The van der Waals surface area contributed by atoms with E-state index in [4.69, 9.17) is 5.26 Å². The Labute approximate surface area is 126 Å². The van der Waals surface area contributed by atoms with Crippen molar-refractivity contribution in [3.05, 3.63) is 57.8 Å². The fourth-order valence-electron chi connectivity index (χ4n) is 1.90. The molecule has 1 amide bonds. The summed E-state index contributed by atoms with van der Waals surface area (Å²) in [6.45, 7) is 3.17. The van der Waals surface area contributed by atoms with E-state index in [2.05, 4.69) is 27.3 Å². The number of nitriles is 1. The predicted octanol–water partition coefficient (Wildman–Crippen LogP) is 3.07. The minimum atomic E-state index is -0.109. The third-order valence-electron chi connectivity index (χ3n) is 2.97. The predicted molar refractivity (Wildman–Crippen MR) is 80.1 cm³/mol. The van der Waals surface area contributed by atoms with Crippen LogP contribution in [0.3, 0.4) is 0 Å². The van der Waals surface area contributed by atoms with E-state index in [-0.39, 0.29) is 5.91 Å². The van der Waals surface area contributed by atoms with Gasteiger partial charge in [-0.15, -0.1) is 0 Å². The molecule has 0 saturated heterocycles. The van der Waals surface area contributed by atoms with Gasteiger partial charge in [-0.3, -0.25) is 4.79 Å². The molecule has 1 aromatic heterocycles. The monoisotopic (exact) mass is 331 g/mol. The van der Waals surface area contributed by atoms with Gasteiger partial charge in [0.25, 0.3) is 5.91 Å². The lowest BCUT2D eigenvalue weighted by molar-refractivity contribution is 0.0941. The number of carbonyl (C=O) groups is 1. The summed E-state index contributed by atoms with van der Waals surface area (Å²) in [4.78, 5) is 12.1. The summed E-state index contributed by atoms with van der Waals surface area (Å²) in [5.41, 5.74) is 2.21. The van der Waals surface area contributed by atoms with E-state index in [0.29, 0.717) is 17.8 Å². The molecule has 0 bridgehead atoms. The van der Waals surface area contributed by atoms with Crippen LogP contribution in [0.5, 0.6) is 0 Å². The Morgan fingerprint density at radius 1 is 1.40 bits per heavy atom. The number of rotatable bonds is 4. The molecule has 1 aromatic carbocycles. The van der Waals surface area contributed by atoms with Crippen molar-refractivity contribution in [3.63, 3.8) is 0 Å². The zero-order valence-electron chi connectivity index (χ0n) is 11.1. The summed E-state index contributed by atoms with van der Waals surface area (Å²) < 4.78 is 2.78. The zero-order chi connectivity index (χ0) is 14.5. The molecule has 1 heterocycles. The topological polar surface area (TPSA) is 57.8 Å². The molecule has 0 aliphatic rings. The Hall–Kier alpha value is -2.06. The molecule has 2 rings (SSSR count). The van der Waals surface area contributed by atoms with Crippen molar-refractivity contribution >= 4 is 21.8 Å². The lowest BCUT2D eigenvalue weighted by Gasteiger charge is -2.07. The molecule has 2 aromatic rings. The average Bonchev–Trinajstić information content (AvgIpc) is 2.86. The summed E-state index contributed by atoms with van der Waals surface area (Å²) >= 11 is 3.37. The third-order valence-corrected chi connectivity index (χ3v) is 3.41. The van der Waals surface area contributed by atoms with Crippen LogP contribution in [-0.4, -0.2) is 10.5 Å². The molecular formula is C15H14BrN3O. The van der Waals surface area contributed by atoms with E-state index in [0.717, 1.165) is 16.6 Å². The van der Waals surface area contributed by atoms with E-state index < -0.39 is 0 Å². The molecule has 0 atom stereocenters. The van der Waals surface area contributed by atoms with E-state index >= 15 is 0 Å². The van der Waals surface area contributed by atoms with Crippen LogP contribution >= 0.6 is 15.9 Å². The number of nitrogens with zero attached hydrogens (tertiary/aromatic N) is 2. The van der Waals surface area contributed by atoms with Crippen LogP contribution in [0, 0.1) is 11.3 Å². The van der Waals surface area contributed by atoms with Crippen LogP contribution in [-0.2, 0) is 13.1 Å².